The largest absolute Gasteiger partial charge is 0.493 e. The molecule has 164 valence electrons. The molecule has 33 heavy (non-hydrogen) atoms. The number of hydrogen-bond donors (Lipinski definition) is 3. The van der Waals surface area contributed by atoms with Crippen LogP contribution in [0.2, 0.25) is 0 Å². The second-order valence-corrected chi connectivity index (χ2v) is 7.37. The van der Waals surface area contributed by atoms with Crippen molar-refractivity contribution in [3.8, 4) is 5.88 Å². The quantitative estimate of drug-likeness (QED) is 0.387. The van der Waals surface area contributed by atoms with E-state index in [0.29, 0.717) is 17.8 Å². The van der Waals surface area contributed by atoms with Crippen molar-refractivity contribution in [3.63, 3.8) is 0 Å². The molecule has 0 bridgehead atoms. The lowest BCUT2D eigenvalue weighted by Gasteiger charge is -2.28. The molecule has 3 aromatic heterocycles. The molecule has 10 heteroatoms. The number of fused-ring (bicyclic) bond motifs is 2. The average molecular weight is 443 g/mol. The van der Waals surface area contributed by atoms with Crippen LogP contribution in [-0.4, -0.2) is 42.9 Å². The Kier molecular flexibility index (Phi) is 4.56. The molecule has 3 N–H and O–H groups in total. The SMILES string of the molecule is CCN1C(=O)/C(=c2/[nH][nH]c(=O)c2=Cc2c(O)nc3ccccn3c2=O)C(=O)c2ccccc21. The molecule has 1 amide bonds. The van der Waals surface area contributed by atoms with Gasteiger partial charge in [-0.2, -0.15) is 4.98 Å². The molecule has 0 radical (unpaired) electrons. The monoisotopic (exact) mass is 443 g/mol. The third-order valence-electron chi connectivity index (χ3n) is 5.54. The first-order valence-electron chi connectivity index (χ1n) is 10.1. The number of aromatic amines is 2. The third kappa shape index (κ3) is 2.99. The summed E-state index contributed by atoms with van der Waals surface area (Å²) in [4.78, 5) is 57.4. The predicted molar refractivity (Wildman–Crippen MR) is 120 cm³/mol. The van der Waals surface area contributed by atoms with E-state index in [1.165, 1.54) is 15.5 Å². The Bertz CT molecular complexity index is 1710. The molecule has 0 unspecified atom stereocenters. The minimum absolute atomic E-state index is 0.0695. The highest BCUT2D eigenvalue weighted by Crippen LogP contribution is 2.29. The van der Waals surface area contributed by atoms with Gasteiger partial charge >= 0.3 is 0 Å². The van der Waals surface area contributed by atoms with Crippen LogP contribution in [0.4, 0.5) is 5.69 Å². The zero-order chi connectivity index (χ0) is 23.3. The number of ketones is 1. The van der Waals surface area contributed by atoms with Gasteiger partial charge in [0, 0.05) is 18.3 Å². The van der Waals surface area contributed by atoms with E-state index >= 15 is 0 Å². The molecule has 1 aliphatic rings. The van der Waals surface area contributed by atoms with Gasteiger partial charge in [-0.25, -0.2) is 0 Å². The summed E-state index contributed by atoms with van der Waals surface area (Å²) in [6, 6.07) is 11.5. The van der Waals surface area contributed by atoms with Gasteiger partial charge in [0.1, 0.15) is 16.8 Å². The molecule has 10 nitrogen and oxygen atoms in total. The molecular formula is C23H17N5O5. The number of pyridine rings is 1. The second kappa shape index (κ2) is 7.45. The van der Waals surface area contributed by atoms with Crippen LogP contribution in [0.15, 0.2) is 58.3 Å². The number of H-pyrrole nitrogens is 2. The average Bonchev–Trinajstić information content (AvgIpc) is 3.17. The summed E-state index contributed by atoms with van der Waals surface area (Å²) in [6.07, 6.45) is 2.60. The van der Waals surface area contributed by atoms with Gasteiger partial charge in [-0.1, -0.05) is 18.2 Å². The number of rotatable bonds is 2. The molecule has 4 aromatic rings. The van der Waals surface area contributed by atoms with Crippen molar-refractivity contribution in [3.05, 3.63) is 91.1 Å². The van der Waals surface area contributed by atoms with E-state index in [9.17, 15) is 24.3 Å². The Morgan fingerprint density at radius 2 is 1.79 bits per heavy atom. The first-order valence-corrected chi connectivity index (χ1v) is 10.1. The van der Waals surface area contributed by atoms with Crippen LogP contribution >= 0.6 is 0 Å². The molecular weight excluding hydrogens is 426 g/mol. The number of carbonyl (C=O) groups is 2. The molecule has 0 saturated carbocycles. The lowest BCUT2D eigenvalue weighted by molar-refractivity contribution is -0.113. The number of hydrogen-bond acceptors (Lipinski definition) is 6. The van der Waals surface area contributed by atoms with E-state index in [2.05, 4.69) is 15.2 Å². The van der Waals surface area contributed by atoms with E-state index in [0.717, 1.165) is 6.08 Å². The van der Waals surface area contributed by atoms with E-state index in [1.54, 1.807) is 49.4 Å². The number of nitrogens with zero attached hydrogens (tertiary/aromatic N) is 3. The number of anilines is 1. The highest BCUT2D eigenvalue weighted by Gasteiger charge is 2.35. The van der Waals surface area contributed by atoms with Crippen LogP contribution < -0.4 is 26.6 Å². The van der Waals surface area contributed by atoms with Crippen molar-refractivity contribution >= 4 is 34.7 Å². The summed E-state index contributed by atoms with van der Waals surface area (Å²) < 4.78 is 1.21. The Morgan fingerprint density at radius 1 is 1.03 bits per heavy atom. The van der Waals surface area contributed by atoms with Crippen LogP contribution in [0.5, 0.6) is 5.88 Å². The van der Waals surface area contributed by atoms with Crippen LogP contribution in [0.25, 0.3) is 17.3 Å². The lowest BCUT2D eigenvalue weighted by atomic mass is 9.94. The molecule has 0 saturated heterocycles. The molecule has 0 fully saturated rings. The number of Topliss-reactive ketones (excluding diaryl/α,β-unsaturated/α-hetero) is 1. The number of benzene rings is 1. The summed E-state index contributed by atoms with van der Waals surface area (Å²) in [6.45, 7) is 2.08. The molecule has 4 heterocycles. The number of carbonyl (C=O) groups excluding carboxylic acids is 2. The van der Waals surface area contributed by atoms with Gasteiger partial charge in [0.05, 0.1) is 16.3 Å². The zero-order valence-corrected chi connectivity index (χ0v) is 17.3. The first kappa shape index (κ1) is 20.2. The van der Waals surface area contributed by atoms with Gasteiger partial charge in [-0.05, 0) is 37.3 Å². The fourth-order valence-corrected chi connectivity index (χ4v) is 3.98. The highest BCUT2D eigenvalue weighted by molar-refractivity contribution is 6.51. The number of para-hydroxylation sites is 1. The fraction of sp³-hybridized carbons (Fsp3) is 0.0870. The second-order valence-electron chi connectivity index (χ2n) is 7.37. The van der Waals surface area contributed by atoms with Gasteiger partial charge in [0.25, 0.3) is 17.0 Å². The summed E-state index contributed by atoms with van der Waals surface area (Å²) in [5.74, 6) is -1.71. The van der Waals surface area contributed by atoms with Crippen molar-refractivity contribution in [1.82, 2.24) is 19.6 Å². The van der Waals surface area contributed by atoms with E-state index < -0.39 is 28.7 Å². The van der Waals surface area contributed by atoms with E-state index in [-0.39, 0.29) is 27.4 Å². The molecule has 0 aliphatic carbocycles. The van der Waals surface area contributed by atoms with Crippen molar-refractivity contribution in [1.29, 1.82) is 0 Å². The maximum Gasteiger partial charge on any atom is 0.271 e. The Labute approximate surface area is 184 Å². The predicted octanol–water partition coefficient (Wildman–Crippen LogP) is -0.355. The van der Waals surface area contributed by atoms with Gasteiger partial charge in [-0.15, -0.1) is 0 Å². The standard InChI is InChI=1S/C23H17N5O5/c1-2-27-15-8-4-3-7-12(15)19(29)17(23(27)33)18-13(21(31)26-25-18)11-14-20(30)24-16-9-5-6-10-28(16)22(14)32/h3-11,25,30H,2H2,1H3,(H,26,31)/b13-11?,18-17+. The summed E-state index contributed by atoms with van der Waals surface area (Å²) in [5.41, 5.74) is -0.757. The molecule has 1 aromatic carbocycles. The van der Waals surface area contributed by atoms with Crippen LogP contribution in [0.3, 0.4) is 0 Å². The van der Waals surface area contributed by atoms with E-state index in [1.807, 2.05) is 0 Å². The lowest BCUT2D eigenvalue weighted by Crippen LogP contribution is -2.46. The molecule has 0 spiro atoms. The molecule has 0 atom stereocenters. The minimum atomic E-state index is -0.669. The topological polar surface area (TPSA) is 141 Å². The number of aromatic nitrogens is 4. The van der Waals surface area contributed by atoms with Crippen LogP contribution in [0, 0.1) is 0 Å². The van der Waals surface area contributed by atoms with Crippen molar-refractivity contribution in [2.24, 2.45) is 0 Å². The van der Waals surface area contributed by atoms with Gasteiger partial charge in [0.2, 0.25) is 11.7 Å². The minimum Gasteiger partial charge on any atom is -0.493 e. The van der Waals surface area contributed by atoms with Crippen LogP contribution in [-0.2, 0) is 4.79 Å². The normalized spacial score (nSPS) is 15.9. The van der Waals surface area contributed by atoms with Crippen molar-refractivity contribution < 1.29 is 14.7 Å². The summed E-state index contributed by atoms with van der Waals surface area (Å²) in [5, 5.41) is 15.1. The maximum absolute atomic E-state index is 13.2. The van der Waals surface area contributed by atoms with Gasteiger partial charge < -0.3 is 10.0 Å². The third-order valence-corrected chi connectivity index (χ3v) is 5.54. The van der Waals surface area contributed by atoms with Crippen molar-refractivity contribution in [2.75, 3.05) is 11.4 Å². The first-order chi connectivity index (χ1) is 15.9. The number of nitrogens with one attached hydrogen (secondary N) is 2. The molecule has 5 rings (SSSR count). The Morgan fingerprint density at radius 3 is 2.58 bits per heavy atom. The maximum atomic E-state index is 13.2. The number of aromatic hydroxyl groups is 1. The zero-order valence-electron chi connectivity index (χ0n) is 17.3. The van der Waals surface area contributed by atoms with Crippen LogP contribution in [0.1, 0.15) is 22.8 Å². The highest BCUT2D eigenvalue weighted by atomic mass is 16.3. The Hall–Kier alpha value is -4.73. The van der Waals surface area contributed by atoms with Gasteiger partial charge in [0.15, 0.2) is 0 Å². The van der Waals surface area contributed by atoms with E-state index in [4.69, 9.17) is 0 Å². The Balaban J connectivity index is 1.86. The summed E-state index contributed by atoms with van der Waals surface area (Å²) >= 11 is 0. The smallest absolute Gasteiger partial charge is 0.271 e. The summed E-state index contributed by atoms with van der Waals surface area (Å²) in [7, 11) is 0. The fourth-order valence-electron chi connectivity index (χ4n) is 3.98. The van der Waals surface area contributed by atoms with Crippen molar-refractivity contribution in [2.45, 2.75) is 6.92 Å². The van der Waals surface area contributed by atoms with Gasteiger partial charge in [-0.3, -0.25) is 33.8 Å². The number of amides is 1. The molecule has 1 aliphatic heterocycles.